The van der Waals surface area contributed by atoms with E-state index in [4.69, 9.17) is 10.5 Å². The highest BCUT2D eigenvalue weighted by Gasteiger charge is 2.02. The van der Waals surface area contributed by atoms with E-state index in [2.05, 4.69) is 5.10 Å². The number of aryl methyl sites for hydroxylation is 1. The normalized spacial score (nSPS) is 10.5. The Morgan fingerprint density at radius 3 is 2.90 bits per heavy atom. The van der Waals surface area contributed by atoms with Crippen LogP contribution in [0.25, 0.3) is 0 Å². The van der Waals surface area contributed by atoms with Gasteiger partial charge in [-0.2, -0.15) is 5.10 Å². The lowest BCUT2D eigenvalue weighted by Crippen LogP contribution is -2.22. The van der Waals surface area contributed by atoms with Crippen LogP contribution in [0.3, 0.4) is 0 Å². The molecular formula is C15H19N3O2. The van der Waals surface area contributed by atoms with Gasteiger partial charge < -0.3 is 10.5 Å². The molecule has 5 nitrogen and oxygen atoms in total. The number of rotatable bonds is 6. The van der Waals surface area contributed by atoms with Gasteiger partial charge in [0.2, 0.25) is 0 Å². The number of benzene rings is 1. The van der Waals surface area contributed by atoms with E-state index < -0.39 is 0 Å². The second-order valence-electron chi connectivity index (χ2n) is 4.67. The third-order valence-corrected chi connectivity index (χ3v) is 2.88. The molecule has 20 heavy (non-hydrogen) atoms. The predicted octanol–water partition coefficient (Wildman–Crippen LogP) is 1.33. The van der Waals surface area contributed by atoms with E-state index in [-0.39, 0.29) is 5.56 Å². The number of ether oxygens (including phenoxy) is 1. The van der Waals surface area contributed by atoms with Crippen LogP contribution in [0.1, 0.15) is 17.5 Å². The Morgan fingerprint density at radius 1 is 1.35 bits per heavy atom. The lowest BCUT2D eigenvalue weighted by Gasteiger charge is -2.08. The second kappa shape index (κ2) is 6.86. The minimum Gasteiger partial charge on any atom is -0.492 e. The van der Waals surface area contributed by atoms with Gasteiger partial charge in [-0.3, -0.25) is 4.79 Å². The quantitative estimate of drug-likeness (QED) is 0.806. The summed E-state index contributed by atoms with van der Waals surface area (Å²) < 4.78 is 6.82. The summed E-state index contributed by atoms with van der Waals surface area (Å²) >= 11 is 0. The Hall–Kier alpha value is -2.14. The van der Waals surface area contributed by atoms with E-state index in [1.54, 1.807) is 6.20 Å². The maximum Gasteiger partial charge on any atom is 0.270 e. The first kappa shape index (κ1) is 14.3. The topological polar surface area (TPSA) is 70.1 Å². The first-order valence-electron chi connectivity index (χ1n) is 6.64. The number of aromatic nitrogens is 2. The van der Waals surface area contributed by atoms with Crippen molar-refractivity contribution in [2.75, 3.05) is 13.2 Å². The molecule has 0 bridgehead atoms. The van der Waals surface area contributed by atoms with E-state index >= 15 is 0 Å². The third kappa shape index (κ3) is 3.93. The molecule has 1 aromatic carbocycles. The Balaban J connectivity index is 2.08. The molecule has 5 heteroatoms. The van der Waals surface area contributed by atoms with Gasteiger partial charge in [0.1, 0.15) is 5.75 Å². The first-order chi connectivity index (χ1) is 9.69. The van der Waals surface area contributed by atoms with Crippen LogP contribution in [0, 0.1) is 6.92 Å². The van der Waals surface area contributed by atoms with Crippen molar-refractivity contribution < 1.29 is 4.74 Å². The summed E-state index contributed by atoms with van der Waals surface area (Å²) in [5.74, 6) is 0.490. The summed E-state index contributed by atoms with van der Waals surface area (Å²) in [5, 5.41) is 4.13. The molecular weight excluding hydrogens is 254 g/mol. The summed E-state index contributed by atoms with van der Waals surface area (Å²) in [6.07, 6.45) is 2.32. The van der Waals surface area contributed by atoms with Gasteiger partial charge in [0, 0.05) is 6.07 Å². The van der Waals surface area contributed by atoms with Crippen molar-refractivity contribution in [1.29, 1.82) is 0 Å². The summed E-state index contributed by atoms with van der Waals surface area (Å²) in [4.78, 5) is 12.0. The molecule has 0 atom stereocenters. The molecule has 0 radical (unpaired) electrons. The zero-order chi connectivity index (χ0) is 14.4. The highest BCUT2D eigenvalue weighted by atomic mass is 16.5. The lowest BCUT2D eigenvalue weighted by atomic mass is 10.1. The van der Waals surface area contributed by atoms with E-state index in [1.807, 2.05) is 31.2 Å². The Kier molecular flexibility index (Phi) is 4.90. The van der Waals surface area contributed by atoms with Crippen LogP contribution in [-0.4, -0.2) is 22.9 Å². The molecule has 0 fully saturated rings. The minimum atomic E-state index is -0.170. The van der Waals surface area contributed by atoms with Crippen molar-refractivity contribution in [2.45, 2.75) is 19.9 Å². The maximum absolute atomic E-state index is 12.0. The van der Waals surface area contributed by atoms with Crippen LogP contribution in [0.4, 0.5) is 0 Å². The molecule has 0 aliphatic carbocycles. The molecule has 0 aliphatic rings. The molecule has 1 heterocycles. The first-order valence-corrected chi connectivity index (χ1v) is 6.64. The van der Waals surface area contributed by atoms with Gasteiger partial charge in [-0.1, -0.05) is 29.8 Å². The summed E-state index contributed by atoms with van der Waals surface area (Å²) in [6.45, 7) is 3.55. The van der Waals surface area contributed by atoms with E-state index in [0.717, 1.165) is 17.5 Å². The van der Waals surface area contributed by atoms with Crippen molar-refractivity contribution in [2.24, 2.45) is 5.73 Å². The molecule has 1 aromatic heterocycles. The van der Waals surface area contributed by atoms with Gasteiger partial charge in [0.15, 0.2) is 0 Å². The molecule has 2 N–H and O–H groups in total. The molecule has 2 aromatic rings. The van der Waals surface area contributed by atoms with Gasteiger partial charge in [0.05, 0.1) is 19.3 Å². The van der Waals surface area contributed by atoms with Crippen molar-refractivity contribution in [1.82, 2.24) is 9.78 Å². The zero-order valence-electron chi connectivity index (χ0n) is 11.6. The molecule has 2 rings (SSSR count). The molecule has 0 spiro atoms. The van der Waals surface area contributed by atoms with E-state index in [0.29, 0.717) is 25.4 Å². The summed E-state index contributed by atoms with van der Waals surface area (Å²) in [6, 6.07) is 9.47. The zero-order valence-corrected chi connectivity index (χ0v) is 11.6. The Bertz CT molecular complexity index is 623. The van der Waals surface area contributed by atoms with Crippen LogP contribution < -0.4 is 16.0 Å². The largest absolute Gasteiger partial charge is 0.492 e. The third-order valence-electron chi connectivity index (χ3n) is 2.88. The van der Waals surface area contributed by atoms with Crippen LogP contribution in [0.5, 0.6) is 5.75 Å². The average Bonchev–Trinajstić information content (AvgIpc) is 2.42. The highest BCUT2D eigenvalue weighted by Crippen LogP contribution is 2.07. The monoisotopic (exact) mass is 273 g/mol. The maximum atomic E-state index is 12.0. The van der Waals surface area contributed by atoms with Crippen molar-refractivity contribution >= 4 is 0 Å². The average molecular weight is 273 g/mol. The van der Waals surface area contributed by atoms with Crippen LogP contribution in [0.15, 0.2) is 41.3 Å². The highest BCUT2D eigenvalue weighted by molar-refractivity contribution is 5.22. The SMILES string of the molecule is Cc1cccc(Cn2ncc(OCCCN)cc2=O)c1. The van der Waals surface area contributed by atoms with Crippen molar-refractivity contribution in [3.8, 4) is 5.75 Å². The van der Waals surface area contributed by atoms with Gasteiger partial charge in [0.25, 0.3) is 5.56 Å². The predicted molar refractivity (Wildman–Crippen MR) is 77.9 cm³/mol. The van der Waals surface area contributed by atoms with E-state index in [9.17, 15) is 4.79 Å². The van der Waals surface area contributed by atoms with Gasteiger partial charge in [-0.25, -0.2) is 4.68 Å². The molecule has 0 amide bonds. The fourth-order valence-corrected chi connectivity index (χ4v) is 1.87. The summed E-state index contributed by atoms with van der Waals surface area (Å²) in [5.41, 5.74) is 7.43. The van der Waals surface area contributed by atoms with Gasteiger partial charge in [-0.05, 0) is 25.5 Å². The minimum absolute atomic E-state index is 0.170. The van der Waals surface area contributed by atoms with Crippen LogP contribution in [0.2, 0.25) is 0 Å². The van der Waals surface area contributed by atoms with Gasteiger partial charge in [-0.15, -0.1) is 0 Å². The van der Waals surface area contributed by atoms with E-state index in [1.165, 1.54) is 10.7 Å². The number of nitrogens with zero attached hydrogens (tertiary/aromatic N) is 2. The smallest absolute Gasteiger partial charge is 0.270 e. The Morgan fingerprint density at radius 2 is 2.20 bits per heavy atom. The fraction of sp³-hybridized carbons (Fsp3) is 0.333. The second-order valence-corrected chi connectivity index (χ2v) is 4.67. The molecule has 0 saturated carbocycles. The fourth-order valence-electron chi connectivity index (χ4n) is 1.87. The van der Waals surface area contributed by atoms with Gasteiger partial charge >= 0.3 is 0 Å². The molecule has 106 valence electrons. The van der Waals surface area contributed by atoms with Crippen LogP contribution >= 0.6 is 0 Å². The Labute approximate surface area is 118 Å². The molecule has 0 unspecified atom stereocenters. The lowest BCUT2D eigenvalue weighted by molar-refractivity contribution is 0.309. The molecule has 0 saturated heterocycles. The number of nitrogens with two attached hydrogens (primary N) is 1. The number of hydrogen-bond donors (Lipinski definition) is 1. The standard InChI is InChI=1S/C15H19N3O2/c1-12-4-2-5-13(8-12)11-18-15(19)9-14(10-17-18)20-7-3-6-16/h2,4-5,8-10H,3,6-7,11,16H2,1H3. The van der Waals surface area contributed by atoms with Crippen molar-refractivity contribution in [3.63, 3.8) is 0 Å². The van der Waals surface area contributed by atoms with Crippen LogP contribution in [-0.2, 0) is 6.54 Å². The van der Waals surface area contributed by atoms with Crippen molar-refractivity contribution in [3.05, 3.63) is 58.0 Å². The molecule has 0 aliphatic heterocycles. The summed E-state index contributed by atoms with van der Waals surface area (Å²) in [7, 11) is 0. The number of hydrogen-bond acceptors (Lipinski definition) is 4.